The molecule has 0 fully saturated rings. The number of carbonyl (C=O) groups excluding carboxylic acids is 1. The van der Waals surface area contributed by atoms with E-state index in [4.69, 9.17) is 11.6 Å². The van der Waals surface area contributed by atoms with Crippen molar-refractivity contribution in [3.05, 3.63) is 47.1 Å². The first-order chi connectivity index (χ1) is 9.40. The van der Waals surface area contributed by atoms with Crippen LogP contribution in [0.1, 0.15) is 10.5 Å². The van der Waals surface area contributed by atoms with Crippen molar-refractivity contribution >= 4 is 17.9 Å². The Hall–Kier alpha value is -2.08. The lowest BCUT2D eigenvalue weighted by Crippen LogP contribution is -2.17. The van der Waals surface area contributed by atoms with Crippen LogP contribution in [0.3, 0.4) is 0 Å². The van der Waals surface area contributed by atoms with Crippen LogP contribution < -0.4 is 4.74 Å². The molecule has 0 amide bonds. The minimum Gasteiger partial charge on any atom is -0.405 e. The molecule has 0 aliphatic heterocycles. The molecule has 2 aromatic rings. The van der Waals surface area contributed by atoms with Gasteiger partial charge in [-0.05, 0) is 24.3 Å². The monoisotopic (exact) mass is 301 g/mol. The van der Waals surface area contributed by atoms with Crippen molar-refractivity contribution in [2.45, 2.75) is 6.36 Å². The van der Waals surface area contributed by atoms with E-state index in [1.165, 1.54) is 36.4 Å². The molecule has 1 heterocycles. The Morgan fingerprint density at radius 1 is 1.15 bits per heavy atom. The van der Waals surface area contributed by atoms with Crippen LogP contribution in [-0.4, -0.2) is 17.6 Å². The van der Waals surface area contributed by atoms with Gasteiger partial charge in [-0.1, -0.05) is 23.7 Å². The van der Waals surface area contributed by atoms with Crippen LogP contribution in [0.4, 0.5) is 13.2 Å². The number of pyridine rings is 1. The number of ether oxygens (including phenoxy) is 1. The lowest BCUT2D eigenvalue weighted by atomic mass is 10.1. The molecule has 1 aromatic heterocycles. The van der Waals surface area contributed by atoms with E-state index in [1.807, 2.05) is 0 Å². The van der Waals surface area contributed by atoms with Crippen molar-refractivity contribution in [1.82, 2.24) is 4.98 Å². The summed E-state index contributed by atoms with van der Waals surface area (Å²) in [7, 11) is 0. The molecule has 7 heteroatoms. The Morgan fingerprint density at radius 3 is 2.50 bits per heavy atom. The number of aromatic nitrogens is 1. The van der Waals surface area contributed by atoms with Crippen molar-refractivity contribution in [3.63, 3.8) is 0 Å². The fourth-order valence-corrected chi connectivity index (χ4v) is 1.73. The molecule has 0 aliphatic rings. The molecular formula is C13H7ClF3NO2. The second-order valence-electron chi connectivity index (χ2n) is 3.73. The second-order valence-corrected chi connectivity index (χ2v) is 4.13. The molecule has 0 spiro atoms. The Morgan fingerprint density at radius 2 is 1.85 bits per heavy atom. The predicted octanol–water partition coefficient (Wildman–Crippen LogP) is 4.11. The first-order valence-electron chi connectivity index (χ1n) is 5.37. The normalized spacial score (nSPS) is 11.2. The van der Waals surface area contributed by atoms with Crippen molar-refractivity contribution in [2.24, 2.45) is 0 Å². The number of hydrogen-bond donors (Lipinski definition) is 0. The maximum absolute atomic E-state index is 12.3. The van der Waals surface area contributed by atoms with E-state index in [0.717, 1.165) is 0 Å². The topological polar surface area (TPSA) is 39.2 Å². The third kappa shape index (κ3) is 3.27. The third-order valence-electron chi connectivity index (χ3n) is 2.37. The van der Waals surface area contributed by atoms with Gasteiger partial charge in [0.25, 0.3) is 0 Å². The molecule has 0 saturated heterocycles. The molecule has 0 atom stereocenters. The van der Waals surface area contributed by atoms with E-state index < -0.39 is 12.1 Å². The molecule has 1 aromatic carbocycles. The number of benzene rings is 1. The number of aldehydes is 1. The highest BCUT2D eigenvalue weighted by Gasteiger charge is 2.32. The third-order valence-corrected chi connectivity index (χ3v) is 2.69. The lowest BCUT2D eigenvalue weighted by Gasteiger charge is -2.13. The maximum atomic E-state index is 12.3. The van der Waals surface area contributed by atoms with Crippen molar-refractivity contribution in [1.29, 1.82) is 0 Å². The zero-order chi connectivity index (χ0) is 14.8. The summed E-state index contributed by atoms with van der Waals surface area (Å²) in [5.41, 5.74) is 0.229. The van der Waals surface area contributed by atoms with Gasteiger partial charge in [-0.15, -0.1) is 13.2 Å². The molecule has 20 heavy (non-hydrogen) atoms. The minimum atomic E-state index is -4.81. The van der Waals surface area contributed by atoms with Crippen LogP contribution in [0.25, 0.3) is 11.3 Å². The van der Waals surface area contributed by atoms with Gasteiger partial charge in [0, 0.05) is 5.56 Å². The maximum Gasteiger partial charge on any atom is 0.573 e. The van der Waals surface area contributed by atoms with Crippen molar-refractivity contribution in [2.75, 3.05) is 0 Å². The van der Waals surface area contributed by atoms with Gasteiger partial charge in [0.05, 0.1) is 10.7 Å². The number of para-hydroxylation sites is 1. The average molecular weight is 302 g/mol. The van der Waals surface area contributed by atoms with Crippen molar-refractivity contribution in [3.8, 4) is 17.0 Å². The smallest absolute Gasteiger partial charge is 0.405 e. The largest absolute Gasteiger partial charge is 0.573 e. The molecule has 0 unspecified atom stereocenters. The highest BCUT2D eigenvalue weighted by Crippen LogP contribution is 2.33. The molecule has 2 rings (SSSR count). The fraction of sp³-hybridized carbons (Fsp3) is 0.0769. The van der Waals surface area contributed by atoms with Gasteiger partial charge in [0.1, 0.15) is 11.4 Å². The quantitative estimate of drug-likeness (QED) is 0.801. The van der Waals surface area contributed by atoms with E-state index in [9.17, 15) is 18.0 Å². The van der Waals surface area contributed by atoms with E-state index >= 15 is 0 Å². The van der Waals surface area contributed by atoms with Crippen molar-refractivity contribution < 1.29 is 22.7 Å². The van der Waals surface area contributed by atoms with E-state index in [0.29, 0.717) is 6.29 Å². The summed E-state index contributed by atoms with van der Waals surface area (Å²) in [5, 5.41) is 0.123. The highest BCUT2D eigenvalue weighted by molar-refractivity contribution is 6.32. The summed E-state index contributed by atoms with van der Waals surface area (Å²) in [5.74, 6) is -0.397. The Balaban J connectivity index is 2.50. The summed E-state index contributed by atoms with van der Waals surface area (Å²) >= 11 is 5.73. The van der Waals surface area contributed by atoms with Crippen LogP contribution in [0.5, 0.6) is 5.75 Å². The SMILES string of the molecule is O=Cc1nc(-c2ccccc2OC(F)(F)F)ccc1Cl. The molecule has 0 saturated carbocycles. The number of nitrogens with zero attached hydrogens (tertiary/aromatic N) is 1. The van der Waals surface area contributed by atoms with Gasteiger partial charge < -0.3 is 4.74 Å². The van der Waals surface area contributed by atoms with E-state index in [2.05, 4.69) is 9.72 Å². The van der Waals surface area contributed by atoms with Gasteiger partial charge in [0.15, 0.2) is 6.29 Å². The molecule has 3 nitrogen and oxygen atoms in total. The number of rotatable bonds is 3. The Bertz CT molecular complexity index is 644. The Kier molecular flexibility index (Phi) is 3.94. The number of halogens is 4. The summed E-state index contributed by atoms with van der Waals surface area (Å²) < 4.78 is 40.9. The van der Waals surface area contributed by atoms with Crippen LogP contribution in [0.2, 0.25) is 5.02 Å². The van der Waals surface area contributed by atoms with Gasteiger partial charge in [-0.2, -0.15) is 0 Å². The zero-order valence-electron chi connectivity index (χ0n) is 9.82. The van der Waals surface area contributed by atoms with Crippen LogP contribution in [-0.2, 0) is 0 Å². The lowest BCUT2D eigenvalue weighted by molar-refractivity contribution is -0.274. The minimum absolute atomic E-state index is 0.0500. The first kappa shape index (κ1) is 14.3. The van der Waals surface area contributed by atoms with Gasteiger partial charge >= 0.3 is 6.36 Å². The fourth-order valence-electron chi connectivity index (χ4n) is 1.58. The van der Waals surface area contributed by atoms with Gasteiger partial charge in [0.2, 0.25) is 0 Å². The Labute approximate surface area is 117 Å². The first-order valence-corrected chi connectivity index (χ1v) is 5.75. The zero-order valence-corrected chi connectivity index (χ0v) is 10.6. The summed E-state index contributed by atoms with van der Waals surface area (Å²) in [6.07, 6.45) is -4.38. The highest BCUT2D eigenvalue weighted by atomic mass is 35.5. The molecule has 0 N–H and O–H groups in total. The summed E-state index contributed by atoms with van der Waals surface area (Å²) in [6, 6.07) is 8.31. The molecule has 0 aliphatic carbocycles. The van der Waals surface area contributed by atoms with Gasteiger partial charge in [-0.3, -0.25) is 4.79 Å². The average Bonchev–Trinajstić information content (AvgIpc) is 2.38. The number of hydrogen-bond acceptors (Lipinski definition) is 3. The summed E-state index contributed by atoms with van der Waals surface area (Å²) in [6.45, 7) is 0. The van der Waals surface area contributed by atoms with E-state index in [1.54, 1.807) is 0 Å². The second kappa shape index (κ2) is 5.50. The number of carbonyl (C=O) groups is 1. The molecular weight excluding hydrogens is 295 g/mol. The molecule has 0 bridgehead atoms. The van der Waals surface area contributed by atoms with Gasteiger partial charge in [-0.25, -0.2) is 4.98 Å². The number of alkyl halides is 3. The van der Waals surface area contributed by atoms with E-state index in [-0.39, 0.29) is 22.0 Å². The van der Waals surface area contributed by atoms with Crippen LogP contribution >= 0.6 is 11.6 Å². The van der Waals surface area contributed by atoms with Crippen LogP contribution in [0.15, 0.2) is 36.4 Å². The molecule has 104 valence electrons. The molecule has 0 radical (unpaired) electrons. The predicted molar refractivity (Wildman–Crippen MR) is 66.8 cm³/mol. The van der Waals surface area contributed by atoms with Crippen LogP contribution in [0, 0.1) is 0 Å². The summed E-state index contributed by atoms with van der Waals surface area (Å²) in [4.78, 5) is 14.7. The standard InChI is InChI=1S/C13H7ClF3NO2/c14-9-5-6-10(18-11(9)7-19)8-3-1-2-4-12(8)20-13(15,16)17/h1-7H.